The van der Waals surface area contributed by atoms with Gasteiger partial charge in [0, 0.05) is 37.2 Å². The molecule has 8 aliphatic carbocycles. The van der Waals surface area contributed by atoms with Crippen LogP contribution in [0.2, 0.25) is 18.1 Å². The topological polar surface area (TPSA) is 166 Å². The van der Waals surface area contributed by atoms with Crippen molar-refractivity contribution in [2.75, 3.05) is 26.9 Å². The van der Waals surface area contributed by atoms with E-state index in [1.807, 2.05) is 6.08 Å². The van der Waals surface area contributed by atoms with Crippen molar-refractivity contribution in [3.8, 4) is 23.7 Å². The molecule has 0 aromatic rings. The van der Waals surface area contributed by atoms with Crippen molar-refractivity contribution in [1.82, 2.24) is 0 Å². The molecule has 6 N–H and O–H groups in total. The molecule has 2 unspecified atom stereocenters. The Morgan fingerprint density at radius 3 is 1.59 bits per heavy atom. The van der Waals surface area contributed by atoms with E-state index in [9.17, 15) is 47.6 Å². The number of carboxylic acids is 1. The summed E-state index contributed by atoms with van der Waals surface area (Å²) < 4.78 is 58.6. The summed E-state index contributed by atoms with van der Waals surface area (Å²) >= 11 is 0. The minimum absolute atomic E-state index is 0. The fraction of sp³-hybridized carbons (Fsp3) is 0.767. The summed E-state index contributed by atoms with van der Waals surface area (Å²) in [5, 5.41) is 58.0. The SMILES string of the molecule is C=C1/C(=C\C=C2/CCC[C@@]3(C)C2CC[C@@H]3[C@H](C)CC#CC(C)(C)C)C[C@@H](C)[C@H](OCC2(CO)CC2)[C@@H]1O[Si](C)(C)C(C)(C)C.C=C1/C(=C\C=C2/CCC[C@@]3(C)C2CC[C@@H]3[C@H](C)CC#CC(C)(C)O)C[C@@H](O)[C@H](OCC2(C(=O)O)CC2)[C@@H]1O.CO.F[B-](F)(F)F.[Li+]. The first-order valence-electron chi connectivity index (χ1n) is 33.4. The molecule has 0 aliphatic heterocycles. The number of hydrogen-bond acceptors (Lipinski definition) is 9. The number of fused-ring (bicyclic) bond motifs is 2. The summed E-state index contributed by atoms with van der Waals surface area (Å²) in [6.07, 6.45) is 24.7. The van der Waals surface area contributed by atoms with Crippen LogP contribution in [0.1, 0.15) is 206 Å². The van der Waals surface area contributed by atoms with Gasteiger partial charge < -0.3 is 61.8 Å². The van der Waals surface area contributed by atoms with Gasteiger partial charge in [0.05, 0.1) is 43.5 Å². The second-order valence-corrected chi connectivity index (χ2v) is 36.6. The molecule has 0 spiro atoms. The quantitative estimate of drug-likeness (QED) is 0.0498. The van der Waals surface area contributed by atoms with E-state index in [-0.39, 0.29) is 65.6 Å². The molecule has 0 heterocycles. The molecule has 8 rings (SSSR count). The van der Waals surface area contributed by atoms with E-state index < -0.39 is 50.9 Å². The Morgan fingerprint density at radius 1 is 0.722 bits per heavy atom. The second-order valence-electron chi connectivity index (χ2n) is 31.9. The average Bonchev–Trinajstić information content (AvgIpc) is 1.56. The van der Waals surface area contributed by atoms with Crippen LogP contribution in [0.3, 0.4) is 0 Å². The Hall–Kier alpha value is -2.69. The maximum atomic E-state index is 11.5. The molecule has 0 radical (unpaired) electrons. The van der Waals surface area contributed by atoms with Crippen LogP contribution in [0.4, 0.5) is 17.3 Å². The van der Waals surface area contributed by atoms with Gasteiger partial charge in [-0.15, -0.1) is 11.8 Å². The molecule has 8 aliphatic rings. The van der Waals surface area contributed by atoms with E-state index in [1.54, 1.807) is 19.4 Å². The zero-order valence-electron chi connectivity index (χ0n) is 58.4. The number of allylic oxidation sites excluding steroid dienone is 6. The molecule has 90 heavy (non-hydrogen) atoms. The predicted molar refractivity (Wildman–Crippen MR) is 354 cm³/mol. The van der Waals surface area contributed by atoms with Crippen LogP contribution in [-0.4, -0.2) is 115 Å². The number of carbonyl (C=O) groups is 1. The molecule has 0 aromatic heterocycles. The van der Waals surface area contributed by atoms with Crippen molar-refractivity contribution in [3.05, 3.63) is 70.9 Å². The molecule has 504 valence electrons. The number of rotatable bonds is 16. The monoisotopic (exact) mass is 1270 g/mol. The number of ether oxygens (including phenoxy) is 2. The zero-order valence-corrected chi connectivity index (χ0v) is 59.4. The van der Waals surface area contributed by atoms with Gasteiger partial charge >= 0.3 is 32.1 Å². The van der Waals surface area contributed by atoms with Crippen molar-refractivity contribution in [2.45, 2.75) is 260 Å². The molecule has 0 bridgehead atoms. The Kier molecular flexibility index (Phi) is 28.3. The first-order chi connectivity index (χ1) is 41.1. The van der Waals surface area contributed by atoms with Crippen molar-refractivity contribution in [3.63, 3.8) is 0 Å². The van der Waals surface area contributed by atoms with Crippen molar-refractivity contribution in [1.29, 1.82) is 0 Å². The summed E-state index contributed by atoms with van der Waals surface area (Å²) in [6, 6.07) is 0. The van der Waals surface area contributed by atoms with Crippen molar-refractivity contribution < 1.29 is 85.5 Å². The number of aliphatic carboxylic acids is 1. The van der Waals surface area contributed by atoms with Gasteiger partial charge in [-0.05, 0) is 224 Å². The van der Waals surface area contributed by atoms with Gasteiger partial charge in [-0.2, -0.15) is 0 Å². The van der Waals surface area contributed by atoms with Gasteiger partial charge in [0.25, 0.3) is 0 Å². The predicted octanol–water partition coefficient (Wildman–Crippen LogP) is 13.0. The normalized spacial score (nSPS) is 33.6. The smallest absolute Gasteiger partial charge is 0.481 e. The molecule has 8 saturated carbocycles. The van der Waals surface area contributed by atoms with E-state index >= 15 is 0 Å². The maximum absolute atomic E-state index is 11.5. The first kappa shape index (κ1) is 79.7. The Morgan fingerprint density at radius 2 is 1.18 bits per heavy atom. The van der Waals surface area contributed by atoms with E-state index in [0.29, 0.717) is 72.4 Å². The first-order valence-corrected chi connectivity index (χ1v) is 36.3. The fourth-order valence-electron chi connectivity index (χ4n) is 15.4. The molecule has 17 heteroatoms. The maximum Gasteiger partial charge on any atom is 1.00 e. The molecular formula is C73H116BF4LiO10Si. The van der Waals surface area contributed by atoms with Crippen LogP contribution in [-0.2, 0) is 18.7 Å². The van der Waals surface area contributed by atoms with E-state index in [1.165, 1.54) is 56.1 Å². The number of halogens is 4. The minimum Gasteiger partial charge on any atom is -0.481 e. The third-order valence-electron chi connectivity index (χ3n) is 22.2. The number of hydrogen-bond donors (Lipinski definition) is 6. The van der Waals surface area contributed by atoms with E-state index in [2.05, 4.69) is 138 Å². The Bertz CT molecular complexity index is 2700. The van der Waals surface area contributed by atoms with Crippen LogP contribution in [0.25, 0.3) is 0 Å². The molecular weight excluding hydrogens is 1160 g/mol. The van der Waals surface area contributed by atoms with Crippen molar-refractivity contribution in [2.24, 2.45) is 68.5 Å². The summed E-state index contributed by atoms with van der Waals surface area (Å²) in [5.74, 6) is 16.3. The number of aliphatic hydroxyl groups excluding tert-OH is 4. The van der Waals surface area contributed by atoms with E-state index in [4.69, 9.17) is 25.6 Å². The Labute approximate surface area is 553 Å². The van der Waals surface area contributed by atoms with E-state index in [0.717, 1.165) is 75.5 Å². The summed E-state index contributed by atoms with van der Waals surface area (Å²) in [7, 11) is -7.07. The average molecular weight is 1280 g/mol. The molecule has 14 atom stereocenters. The summed E-state index contributed by atoms with van der Waals surface area (Å²) in [4.78, 5) is 11.5. The van der Waals surface area contributed by atoms with Gasteiger partial charge in [-0.25, -0.2) is 0 Å². The standard InChI is InChI=1S/C40H66O3Si.C32H46O6.CH4O.BF4.Li/c1-28(15-13-21-37(4,5)6)33-19-20-34-31(16-14-22-39(33,34)10)17-18-32-25-29(2)35(42-27-40(26-41)23-24-40)36(30(32)3)43-44(11,12)38(7,8)9;1-20(8-6-14-30(3,4)37)24-12-13-25-22(9-7-15-31(24,25)5)10-11-23-18-26(33)28(27(34)21(23)2)38-19-32(16-17-32)29(35)36;1-2;2-1(3,4)5;/h17-18,28-29,33-36,41H,3,14-16,19-20,22-27H2,1-2,4-12H3;10-11,20,24-28,33-34,37H,2,7-9,12-13,15-19H2,1,3-5H3,(H,35,36);2H,1H3;;/q;;;-1;+1/b31-17+,32-18-;22-10+,23-11-;;;/t28-,29-,33-,34?,35+,36-,39-;20-,24-,25?,26-,27-,28+,31-;;;/m11.../s1. The largest absolute Gasteiger partial charge is 1.00 e. The van der Waals surface area contributed by atoms with Crippen LogP contribution in [0.15, 0.2) is 70.9 Å². The van der Waals surface area contributed by atoms with Crippen LogP contribution < -0.4 is 18.9 Å². The van der Waals surface area contributed by atoms with Crippen LogP contribution in [0.5, 0.6) is 0 Å². The molecule has 10 nitrogen and oxygen atoms in total. The van der Waals surface area contributed by atoms with Gasteiger partial charge in [0.15, 0.2) is 8.32 Å². The molecule has 8 fully saturated rings. The van der Waals surface area contributed by atoms with Crippen LogP contribution in [0, 0.1) is 92.2 Å². The molecule has 0 amide bonds. The molecule has 0 aromatic carbocycles. The Balaban J connectivity index is 0.000000348. The molecule has 0 saturated heterocycles. The van der Waals surface area contributed by atoms with Crippen LogP contribution >= 0.6 is 0 Å². The van der Waals surface area contributed by atoms with Gasteiger partial charge in [-0.3, -0.25) is 4.79 Å². The fourth-order valence-corrected chi connectivity index (χ4v) is 16.7. The number of aliphatic hydroxyl groups is 5. The van der Waals surface area contributed by atoms with Gasteiger partial charge in [0.1, 0.15) is 17.8 Å². The zero-order chi connectivity index (χ0) is 67.1. The number of carboxylic acid groups (broad SMARTS) is 1. The van der Waals surface area contributed by atoms with Gasteiger partial charge in [-0.1, -0.05) is 116 Å². The summed E-state index contributed by atoms with van der Waals surface area (Å²) in [5.41, 5.74) is 5.73. The summed E-state index contributed by atoms with van der Waals surface area (Å²) in [6.45, 7) is 43.4. The third-order valence-corrected chi connectivity index (χ3v) is 26.6. The second kappa shape index (κ2) is 31.9. The van der Waals surface area contributed by atoms with Gasteiger partial charge in [0.2, 0.25) is 0 Å². The third kappa shape index (κ3) is 20.9. The van der Waals surface area contributed by atoms with Crippen molar-refractivity contribution >= 4 is 21.5 Å². The minimum atomic E-state index is -6.00.